The van der Waals surface area contributed by atoms with E-state index in [1.165, 1.54) is 18.3 Å². The first-order valence-corrected chi connectivity index (χ1v) is 9.73. The standard InChI is InChI=1S/C20H22N2O6S/c1-3-27-15-6-4-14(5-7-15)20(26)22-11-19(25)28-12-17(24)18-9-8-16(29-18)10-21-13(2)23/h4-9H,3,10-12H2,1-2H3,(H,21,23)(H,22,26). The predicted octanol–water partition coefficient (Wildman–Crippen LogP) is 1.94. The Labute approximate surface area is 172 Å². The summed E-state index contributed by atoms with van der Waals surface area (Å²) in [7, 11) is 0. The molecule has 0 aliphatic carbocycles. The number of carbonyl (C=O) groups is 4. The zero-order valence-corrected chi connectivity index (χ0v) is 17.0. The fraction of sp³-hybridized carbons (Fsp3) is 0.300. The Morgan fingerprint density at radius 3 is 2.38 bits per heavy atom. The van der Waals surface area contributed by atoms with Crippen LogP contribution >= 0.6 is 11.3 Å². The van der Waals surface area contributed by atoms with E-state index in [1.54, 1.807) is 36.4 Å². The number of benzene rings is 1. The summed E-state index contributed by atoms with van der Waals surface area (Å²) in [6, 6.07) is 9.85. The van der Waals surface area contributed by atoms with Gasteiger partial charge in [0, 0.05) is 17.4 Å². The van der Waals surface area contributed by atoms with Crippen molar-refractivity contribution in [3.8, 4) is 5.75 Å². The molecule has 2 rings (SSSR count). The van der Waals surface area contributed by atoms with E-state index in [0.29, 0.717) is 29.3 Å². The van der Waals surface area contributed by atoms with Gasteiger partial charge in [-0.1, -0.05) is 0 Å². The van der Waals surface area contributed by atoms with E-state index in [4.69, 9.17) is 9.47 Å². The van der Waals surface area contributed by atoms with E-state index in [0.717, 1.165) is 4.88 Å². The lowest BCUT2D eigenvalue weighted by Crippen LogP contribution is -2.31. The highest BCUT2D eigenvalue weighted by Gasteiger charge is 2.14. The lowest BCUT2D eigenvalue weighted by atomic mass is 10.2. The molecule has 1 aromatic carbocycles. The van der Waals surface area contributed by atoms with Crippen LogP contribution in [0.5, 0.6) is 5.75 Å². The molecule has 0 saturated heterocycles. The summed E-state index contributed by atoms with van der Waals surface area (Å²) >= 11 is 1.22. The largest absolute Gasteiger partial charge is 0.494 e. The maximum absolute atomic E-state index is 12.1. The predicted molar refractivity (Wildman–Crippen MR) is 107 cm³/mol. The minimum Gasteiger partial charge on any atom is -0.494 e. The molecule has 2 N–H and O–H groups in total. The Morgan fingerprint density at radius 1 is 1.00 bits per heavy atom. The summed E-state index contributed by atoms with van der Waals surface area (Å²) in [6.45, 7) is 3.37. The fourth-order valence-electron chi connectivity index (χ4n) is 2.23. The van der Waals surface area contributed by atoms with Crippen molar-refractivity contribution >= 4 is 34.9 Å². The number of rotatable bonds is 10. The van der Waals surface area contributed by atoms with Gasteiger partial charge in [-0.15, -0.1) is 11.3 Å². The van der Waals surface area contributed by atoms with Crippen LogP contribution in [0.1, 0.15) is 38.8 Å². The summed E-state index contributed by atoms with van der Waals surface area (Å²) in [5.74, 6) is -1.01. The van der Waals surface area contributed by atoms with Crippen molar-refractivity contribution in [1.82, 2.24) is 10.6 Å². The van der Waals surface area contributed by atoms with Crippen LogP contribution in [-0.4, -0.2) is 43.3 Å². The van der Waals surface area contributed by atoms with Crippen LogP contribution in [0.3, 0.4) is 0 Å². The van der Waals surface area contributed by atoms with Gasteiger partial charge in [-0.05, 0) is 43.3 Å². The van der Waals surface area contributed by atoms with E-state index >= 15 is 0 Å². The molecule has 9 heteroatoms. The van der Waals surface area contributed by atoms with Crippen LogP contribution < -0.4 is 15.4 Å². The molecule has 0 fully saturated rings. The first-order valence-electron chi connectivity index (χ1n) is 8.92. The second kappa shape index (κ2) is 11.0. The van der Waals surface area contributed by atoms with Gasteiger partial charge < -0.3 is 20.1 Å². The minimum atomic E-state index is -0.715. The number of ether oxygens (including phenoxy) is 2. The van der Waals surface area contributed by atoms with Gasteiger partial charge in [0.2, 0.25) is 11.7 Å². The molecule has 2 amide bonds. The van der Waals surface area contributed by atoms with Gasteiger partial charge in [0.15, 0.2) is 6.61 Å². The van der Waals surface area contributed by atoms with Crippen LogP contribution in [0.15, 0.2) is 36.4 Å². The Morgan fingerprint density at radius 2 is 1.72 bits per heavy atom. The third-order valence-corrected chi connectivity index (χ3v) is 4.76. The maximum atomic E-state index is 12.1. The lowest BCUT2D eigenvalue weighted by molar-refractivity contribution is -0.141. The highest BCUT2D eigenvalue weighted by molar-refractivity contribution is 7.14. The topological polar surface area (TPSA) is 111 Å². The van der Waals surface area contributed by atoms with Crippen molar-refractivity contribution in [2.75, 3.05) is 19.8 Å². The number of ketones is 1. The van der Waals surface area contributed by atoms with Gasteiger partial charge in [0.25, 0.3) is 5.91 Å². The maximum Gasteiger partial charge on any atom is 0.325 e. The number of Topliss-reactive ketones (excluding diaryl/α,β-unsaturated/α-hetero) is 1. The smallest absolute Gasteiger partial charge is 0.325 e. The van der Waals surface area contributed by atoms with Crippen molar-refractivity contribution < 1.29 is 28.7 Å². The minimum absolute atomic E-state index is 0.160. The first kappa shape index (κ1) is 22.1. The molecule has 8 nitrogen and oxygen atoms in total. The number of thiophene rings is 1. The molecule has 0 bridgehead atoms. The van der Waals surface area contributed by atoms with Crippen molar-refractivity contribution in [2.45, 2.75) is 20.4 Å². The summed E-state index contributed by atoms with van der Waals surface area (Å²) in [6.07, 6.45) is 0. The monoisotopic (exact) mass is 418 g/mol. The van der Waals surface area contributed by atoms with Crippen molar-refractivity contribution in [1.29, 1.82) is 0 Å². The summed E-state index contributed by atoms with van der Waals surface area (Å²) < 4.78 is 10.2. The van der Waals surface area contributed by atoms with Crippen LogP contribution in [0.25, 0.3) is 0 Å². The van der Waals surface area contributed by atoms with E-state index in [-0.39, 0.29) is 18.2 Å². The zero-order chi connectivity index (χ0) is 21.2. The molecule has 0 aliphatic rings. The van der Waals surface area contributed by atoms with Crippen LogP contribution in [0.2, 0.25) is 0 Å². The van der Waals surface area contributed by atoms with Crippen molar-refractivity contribution in [2.24, 2.45) is 0 Å². The highest BCUT2D eigenvalue weighted by atomic mass is 32.1. The molecule has 0 unspecified atom stereocenters. The van der Waals surface area contributed by atoms with Gasteiger partial charge >= 0.3 is 5.97 Å². The van der Waals surface area contributed by atoms with E-state index in [2.05, 4.69) is 10.6 Å². The molecule has 1 heterocycles. The molecule has 0 saturated carbocycles. The van der Waals surface area contributed by atoms with Crippen LogP contribution in [0.4, 0.5) is 0 Å². The van der Waals surface area contributed by atoms with Gasteiger partial charge in [-0.25, -0.2) is 0 Å². The number of esters is 1. The number of hydrogen-bond acceptors (Lipinski definition) is 7. The number of hydrogen-bond donors (Lipinski definition) is 2. The molecular formula is C20H22N2O6S. The van der Waals surface area contributed by atoms with Gasteiger partial charge in [0.05, 0.1) is 18.0 Å². The second-order valence-electron chi connectivity index (χ2n) is 5.90. The molecule has 0 spiro atoms. The van der Waals surface area contributed by atoms with Crippen molar-refractivity contribution in [3.05, 3.63) is 51.7 Å². The molecule has 154 valence electrons. The fourth-order valence-corrected chi connectivity index (χ4v) is 3.10. The van der Waals surface area contributed by atoms with Crippen molar-refractivity contribution in [3.63, 3.8) is 0 Å². The van der Waals surface area contributed by atoms with Crippen LogP contribution in [0, 0.1) is 0 Å². The molecule has 29 heavy (non-hydrogen) atoms. The third kappa shape index (κ3) is 7.38. The summed E-state index contributed by atoms with van der Waals surface area (Å²) in [4.78, 5) is 48.1. The third-order valence-electron chi connectivity index (χ3n) is 3.63. The van der Waals surface area contributed by atoms with Gasteiger partial charge in [0.1, 0.15) is 12.3 Å². The SMILES string of the molecule is CCOc1ccc(C(=O)NCC(=O)OCC(=O)c2ccc(CNC(C)=O)s2)cc1. The molecule has 0 atom stereocenters. The van der Waals surface area contributed by atoms with E-state index in [9.17, 15) is 19.2 Å². The first-order chi connectivity index (χ1) is 13.9. The lowest BCUT2D eigenvalue weighted by Gasteiger charge is -2.07. The second-order valence-corrected chi connectivity index (χ2v) is 7.07. The number of nitrogens with one attached hydrogen (secondary N) is 2. The van der Waals surface area contributed by atoms with E-state index < -0.39 is 18.5 Å². The molecular weight excluding hydrogens is 396 g/mol. The molecule has 1 aromatic heterocycles. The number of carbonyl (C=O) groups excluding carboxylic acids is 4. The summed E-state index contributed by atoms with van der Waals surface area (Å²) in [5, 5.41) is 5.08. The molecule has 0 radical (unpaired) electrons. The Kier molecular flexibility index (Phi) is 8.35. The Hall–Kier alpha value is -3.20. The van der Waals surface area contributed by atoms with Gasteiger partial charge in [-0.2, -0.15) is 0 Å². The molecule has 0 aliphatic heterocycles. The van der Waals surface area contributed by atoms with E-state index in [1.807, 2.05) is 6.92 Å². The quantitative estimate of drug-likeness (QED) is 0.451. The Balaban J connectivity index is 1.74. The zero-order valence-electron chi connectivity index (χ0n) is 16.2. The average molecular weight is 418 g/mol. The number of amides is 2. The van der Waals surface area contributed by atoms with Gasteiger partial charge in [-0.3, -0.25) is 19.2 Å². The Bertz CT molecular complexity index is 875. The summed E-state index contributed by atoms with van der Waals surface area (Å²) in [5.41, 5.74) is 0.377. The highest BCUT2D eigenvalue weighted by Crippen LogP contribution is 2.17. The normalized spacial score (nSPS) is 10.1. The molecule has 2 aromatic rings. The van der Waals surface area contributed by atoms with Crippen LogP contribution in [-0.2, 0) is 20.9 Å². The average Bonchev–Trinajstić information content (AvgIpc) is 3.18.